The third-order valence-electron chi connectivity index (χ3n) is 2.51. The van der Waals surface area contributed by atoms with Gasteiger partial charge in [0.05, 0.1) is 23.7 Å². The van der Waals surface area contributed by atoms with E-state index in [2.05, 4.69) is 10.1 Å². The molecule has 0 aromatic heterocycles. The molecule has 1 atom stereocenters. The van der Waals surface area contributed by atoms with E-state index in [0.29, 0.717) is 15.7 Å². The van der Waals surface area contributed by atoms with Gasteiger partial charge in [-0.3, -0.25) is 0 Å². The predicted molar refractivity (Wildman–Crippen MR) is 64.4 cm³/mol. The second kappa shape index (κ2) is 4.90. The molecule has 98 valence electrons. The van der Waals surface area contributed by atoms with E-state index in [1.54, 1.807) is 12.1 Å². The Morgan fingerprint density at radius 3 is 2.72 bits per heavy atom. The number of hydrogen-bond donors (Lipinski definition) is 1. The second-order valence-electron chi connectivity index (χ2n) is 3.94. The van der Waals surface area contributed by atoms with Crippen molar-refractivity contribution in [2.45, 2.75) is 18.4 Å². The SMILES string of the molecule is O=C1OC(CNc2ccc(Cl)cc2Cl)CC1(F)F. The topological polar surface area (TPSA) is 38.3 Å². The van der Waals surface area contributed by atoms with Crippen LogP contribution in [0.25, 0.3) is 0 Å². The molecule has 2 rings (SSSR count). The number of carbonyl (C=O) groups excluding carboxylic acids is 1. The van der Waals surface area contributed by atoms with Crippen LogP contribution >= 0.6 is 23.2 Å². The molecular formula is C11H9Cl2F2NO2. The van der Waals surface area contributed by atoms with Crippen molar-refractivity contribution in [1.29, 1.82) is 0 Å². The highest BCUT2D eigenvalue weighted by molar-refractivity contribution is 6.36. The van der Waals surface area contributed by atoms with Gasteiger partial charge in [0.2, 0.25) is 0 Å². The van der Waals surface area contributed by atoms with Crippen molar-refractivity contribution in [1.82, 2.24) is 0 Å². The molecule has 1 unspecified atom stereocenters. The monoisotopic (exact) mass is 295 g/mol. The highest BCUT2D eigenvalue weighted by Crippen LogP contribution is 2.31. The Bertz CT molecular complexity index is 482. The fourth-order valence-electron chi connectivity index (χ4n) is 1.62. The maximum atomic E-state index is 12.9. The Balaban J connectivity index is 1.95. The number of carbonyl (C=O) groups is 1. The maximum absolute atomic E-state index is 12.9. The molecule has 1 aromatic rings. The van der Waals surface area contributed by atoms with Gasteiger partial charge in [-0.1, -0.05) is 23.2 Å². The Morgan fingerprint density at radius 1 is 1.44 bits per heavy atom. The highest BCUT2D eigenvalue weighted by atomic mass is 35.5. The minimum absolute atomic E-state index is 0.0721. The van der Waals surface area contributed by atoms with Crippen LogP contribution in [0, 0.1) is 0 Å². The van der Waals surface area contributed by atoms with Gasteiger partial charge in [-0.15, -0.1) is 0 Å². The number of anilines is 1. The molecule has 0 radical (unpaired) electrons. The van der Waals surface area contributed by atoms with Crippen LogP contribution in [0.5, 0.6) is 0 Å². The van der Waals surface area contributed by atoms with Gasteiger partial charge in [-0.25, -0.2) is 4.79 Å². The van der Waals surface area contributed by atoms with Gasteiger partial charge in [0.25, 0.3) is 0 Å². The van der Waals surface area contributed by atoms with Crippen molar-refractivity contribution in [3.8, 4) is 0 Å². The minimum atomic E-state index is -3.39. The molecule has 1 saturated heterocycles. The number of benzene rings is 1. The van der Waals surface area contributed by atoms with Crippen LogP contribution in [0.1, 0.15) is 6.42 Å². The predicted octanol–water partition coefficient (Wildman–Crippen LogP) is 3.36. The van der Waals surface area contributed by atoms with Gasteiger partial charge in [0, 0.05) is 5.02 Å². The van der Waals surface area contributed by atoms with E-state index in [1.165, 1.54) is 6.07 Å². The second-order valence-corrected chi connectivity index (χ2v) is 4.78. The lowest BCUT2D eigenvalue weighted by Crippen LogP contribution is -2.22. The summed E-state index contributed by atoms with van der Waals surface area (Å²) in [6.07, 6.45) is -1.48. The minimum Gasteiger partial charge on any atom is -0.456 e. The van der Waals surface area contributed by atoms with E-state index in [-0.39, 0.29) is 6.54 Å². The number of hydrogen-bond acceptors (Lipinski definition) is 3. The van der Waals surface area contributed by atoms with Gasteiger partial charge in [0.1, 0.15) is 6.10 Å². The van der Waals surface area contributed by atoms with Crippen LogP contribution in [0.4, 0.5) is 14.5 Å². The van der Waals surface area contributed by atoms with Crippen molar-refractivity contribution in [3.05, 3.63) is 28.2 Å². The number of cyclic esters (lactones) is 1. The number of nitrogens with one attached hydrogen (secondary N) is 1. The highest BCUT2D eigenvalue weighted by Gasteiger charge is 2.50. The molecule has 0 bridgehead atoms. The molecular weight excluding hydrogens is 287 g/mol. The van der Waals surface area contributed by atoms with Crippen LogP contribution in [0.3, 0.4) is 0 Å². The van der Waals surface area contributed by atoms with Crippen molar-refractivity contribution < 1.29 is 18.3 Å². The van der Waals surface area contributed by atoms with Crippen molar-refractivity contribution in [3.63, 3.8) is 0 Å². The van der Waals surface area contributed by atoms with Crippen LogP contribution < -0.4 is 5.32 Å². The van der Waals surface area contributed by atoms with E-state index in [0.717, 1.165) is 0 Å². The van der Waals surface area contributed by atoms with Gasteiger partial charge in [-0.2, -0.15) is 8.78 Å². The zero-order chi connectivity index (χ0) is 13.3. The molecule has 0 spiro atoms. The molecule has 1 fully saturated rings. The van der Waals surface area contributed by atoms with Crippen LogP contribution in [0.2, 0.25) is 10.0 Å². The molecule has 0 amide bonds. The fraction of sp³-hybridized carbons (Fsp3) is 0.364. The first-order chi connectivity index (χ1) is 8.38. The molecule has 7 heteroatoms. The maximum Gasteiger partial charge on any atom is 0.377 e. The summed E-state index contributed by atoms with van der Waals surface area (Å²) in [5, 5.41) is 3.69. The van der Waals surface area contributed by atoms with Crippen LogP contribution in [-0.2, 0) is 9.53 Å². The van der Waals surface area contributed by atoms with Crippen LogP contribution in [0.15, 0.2) is 18.2 Å². The molecule has 1 aromatic carbocycles. The Morgan fingerprint density at radius 2 is 2.17 bits per heavy atom. The third-order valence-corrected chi connectivity index (χ3v) is 3.06. The molecule has 1 heterocycles. The van der Waals surface area contributed by atoms with Gasteiger partial charge >= 0.3 is 11.9 Å². The van der Waals surface area contributed by atoms with E-state index in [9.17, 15) is 13.6 Å². The Labute approximate surface area is 112 Å². The first-order valence-electron chi connectivity index (χ1n) is 5.16. The van der Waals surface area contributed by atoms with Crippen molar-refractivity contribution in [2.24, 2.45) is 0 Å². The number of halogens is 4. The molecule has 0 saturated carbocycles. The van der Waals surface area contributed by atoms with E-state index >= 15 is 0 Å². The van der Waals surface area contributed by atoms with Gasteiger partial charge in [-0.05, 0) is 18.2 Å². The fourth-order valence-corrected chi connectivity index (χ4v) is 2.09. The normalized spacial score (nSPS) is 21.8. The molecule has 1 N–H and O–H groups in total. The average Bonchev–Trinajstić information content (AvgIpc) is 2.51. The largest absolute Gasteiger partial charge is 0.456 e. The number of esters is 1. The standard InChI is InChI=1S/C11H9Cl2F2NO2/c12-6-1-2-9(8(13)3-6)16-5-7-4-11(14,15)10(17)18-7/h1-3,7,16H,4-5H2. The number of ether oxygens (including phenoxy) is 1. The first kappa shape index (κ1) is 13.4. The molecule has 1 aliphatic heterocycles. The quantitative estimate of drug-likeness (QED) is 0.869. The van der Waals surface area contributed by atoms with E-state index in [4.69, 9.17) is 23.2 Å². The molecule has 1 aliphatic rings. The first-order valence-corrected chi connectivity index (χ1v) is 5.92. The van der Waals surface area contributed by atoms with Crippen molar-refractivity contribution >= 4 is 34.9 Å². The average molecular weight is 296 g/mol. The lowest BCUT2D eigenvalue weighted by Gasteiger charge is -2.12. The Hall–Kier alpha value is -1.07. The lowest BCUT2D eigenvalue weighted by molar-refractivity contribution is -0.158. The third kappa shape index (κ3) is 2.84. The molecule has 3 nitrogen and oxygen atoms in total. The smallest absolute Gasteiger partial charge is 0.377 e. The van der Waals surface area contributed by atoms with Gasteiger partial charge in [0.15, 0.2) is 0 Å². The van der Waals surface area contributed by atoms with E-state index in [1.807, 2.05) is 0 Å². The zero-order valence-electron chi connectivity index (χ0n) is 9.05. The lowest BCUT2D eigenvalue weighted by atomic mass is 10.2. The summed E-state index contributed by atoms with van der Waals surface area (Å²) >= 11 is 11.6. The number of rotatable bonds is 3. The molecule has 18 heavy (non-hydrogen) atoms. The summed E-state index contributed by atoms with van der Waals surface area (Å²) in [5.41, 5.74) is 0.548. The summed E-state index contributed by atoms with van der Waals surface area (Å²) in [7, 11) is 0. The van der Waals surface area contributed by atoms with E-state index < -0.39 is 24.4 Å². The summed E-state index contributed by atoms with van der Waals surface area (Å²) in [4.78, 5) is 10.8. The summed E-state index contributed by atoms with van der Waals surface area (Å²) in [5.74, 6) is -4.87. The number of alkyl halides is 2. The molecule has 0 aliphatic carbocycles. The summed E-state index contributed by atoms with van der Waals surface area (Å²) in [6.45, 7) is 0.0721. The summed E-state index contributed by atoms with van der Waals surface area (Å²) in [6, 6.07) is 4.77. The summed E-state index contributed by atoms with van der Waals surface area (Å²) < 4.78 is 30.3. The van der Waals surface area contributed by atoms with Gasteiger partial charge < -0.3 is 10.1 Å². The zero-order valence-corrected chi connectivity index (χ0v) is 10.6. The van der Waals surface area contributed by atoms with Crippen LogP contribution in [-0.4, -0.2) is 24.5 Å². The van der Waals surface area contributed by atoms with Crippen molar-refractivity contribution in [2.75, 3.05) is 11.9 Å². The Kier molecular flexibility index (Phi) is 3.64.